The summed E-state index contributed by atoms with van der Waals surface area (Å²) >= 11 is 0. The number of ether oxygens (including phenoxy) is 1. The van der Waals surface area contributed by atoms with E-state index in [9.17, 15) is 0 Å². The second-order valence-electron chi connectivity index (χ2n) is 7.13. The van der Waals surface area contributed by atoms with Crippen molar-refractivity contribution in [3.05, 3.63) is 35.6 Å². The third-order valence-electron chi connectivity index (χ3n) is 5.61. The van der Waals surface area contributed by atoms with Gasteiger partial charge in [-0.3, -0.25) is 10.3 Å². The lowest BCUT2D eigenvalue weighted by atomic mass is 9.89. The molecule has 1 aliphatic carbocycles. The minimum absolute atomic E-state index is 0.409. The fraction of sp³-hybridized carbons (Fsp3) is 0.579. The van der Waals surface area contributed by atoms with E-state index in [-0.39, 0.29) is 0 Å². The number of nitrogens with zero attached hydrogens (tertiary/aromatic N) is 3. The molecular formula is C19H26N4O. The molecule has 1 saturated carbocycles. The van der Waals surface area contributed by atoms with Crippen LogP contribution in [-0.4, -0.2) is 46.8 Å². The lowest BCUT2D eigenvalue weighted by Gasteiger charge is -2.39. The highest BCUT2D eigenvalue weighted by atomic mass is 16.5. The molecule has 2 aliphatic rings. The Hall–Kier alpha value is -1.72. The maximum absolute atomic E-state index is 8.61. The number of nitrogens with one attached hydrogen (secondary N) is 1. The van der Waals surface area contributed by atoms with Crippen LogP contribution in [0.2, 0.25) is 0 Å². The number of morpholine rings is 1. The molecule has 0 spiro atoms. The molecule has 0 unspecified atom stereocenters. The van der Waals surface area contributed by atoms with Crippen molar-refractivity contribution in [3.8, 4) is 0 Å². The van der Waals surface area contributed by atoms with Crippen LogP contribution in [0.1, 0.15) is 37.3 Å². The predicted molar refractivity (Wildman–Crippen MR) is 94.0 cm³/mol. The van der Waals surface area contributed by atoms with E-state index in [4.69, 9.17) is 10.1 Å². The van der Waals surface area contributed by atoms with Gasteiger partial charge in [-0.05, 0) is 44.7 Å². The van der Waals surface area contributed by atoms with E-state index in [1.54, 1.807) is 0 Å². The fourth-order valence-electron chi connectivity index (χ4n) is 4.19. The number of hydrogen-bond donors (Lipinski definition) is 1. The quantitative estimate of drug-likeness (QED) is 0.923. The first-order chi connectivity index (χ1) is 11.7. The van der Waals surface area contributed by atoms with Gasteiger partial charge in [-0.2, -0.15) is 0 Å². The SMILES string of the molecule is Cc1ccc2ncn([C@H]3CC[C@H](N4CCOCC4)CC3)c(=N)c2c1. The van der Waals surface area contributed by atoms with Gasteiger partial charge in [0, 0.05) is 30.6 Å². The van der Waals surface area contributed by atoms with Crippen LogP contribution in [0.25, 0.3) is 10.9 Å². The van der Waals surface area contributed by atoms with Gasteiger partial charge in [-0.25, -0.2) is 4.98 Å². The van der Waals surface area contributed by atoms with Crippen molar-refractivity contribution in [3.63, 3.8) is 0 Å². The number of aromatic nitrogens is 2. The average molecular weight is 326 g/mol. The van der Waals surface area contributed by atoms with Gasteiger partial charge >= 0.3 is 0 Å². The Kier molecular flexibility index (Phi) is 4.37. The van der Waals surface area contributed by atoms with Gasteiger partial charge in [0.1, 0.15) is 5.49 Å². The van der Waals surface area contributed by atoms with Crippen molar-refractivity contribution in [2.75, 3.05) is 26.3 Å². The second kappa shape index (κ2) is 6.65. The van der Waals surface area contributed by atoms with E-state index < -0.39 is 0 Å². The standard InChI is InChI=1S/C19H26N4O/c1-14-2-7-18-17(12-14)19(20)23(13-21-18)16-5-3-15(4-6-16)22-8-10-24-11-9-22/h2,7,12-13,15-16,20H,3-6,8-11H2,1H3/t15-,16-. The number of aryl methyl sites for hydroxylation is 1. The lowest BCUT2D eigenvalue weighted by molar-refractivity contribution is 0.00530. The van der Waals surface area contributed by atoms with Crippen LogP contribution >= 0.6 is 0 Å². The first kappa shape index (κ1) is 15.8. The van der Waals surface area contributed by atoms with E-state index in [1.807, 2.05) is 12.4 Å². The largest absolute Gasteiger partial charge is 0.379 e. The van der Waals surface area contributed by atoms with Gasteiger partial charge < -0.3 is 9.30 Å². The van der Waals surface area contributed by atoms with Gasteiger partial charge in [-0.1, -0.05) is 11.6 Å². The van der Waals surface area contributed by atoms with Crippen molar-refractivity contribution >= 4 is 10.9 Å². The van der Waals surface area contributed by atoms with Crippen molar-refractivity contribution in [1.82, 2.24) is 14.5 Å². The van der Waals surface area contributed by atoms with Crippen LogP contribution in [0.4, 0.5) is 0 Å². The normalized spacial score (nSPS) is 25.9. The summed E-state index contributed by atoms with van der Waals surface area (Å²) in [6, 6.07) is 7.26. The predicted octanol–water partition coefficient (Wildman–Crippen LogP) is 2.64. The first-order valence-corrected chi connectivity index (χ1v) is 9.06. The summed E-state index contributed by atoms with van der Waals surface area (Å²) in [5.41, 5.74) is 2.72. The van der Waals surface area contributed by atoms with Crippen LogP contribution in [0.3, 0.4) is 0 Å². The molecule has 2 aromatic rings. The van der Waals surface area contributed by atoms with Gasteiger partial charge in [-0.15, -0.1) is 0 Å². The molecule has 2 fully saturated rings. The Morgan fingerprint density at radius 2 is 1.79 bits per heavy atom. The molecule has 1 aliphatic heterocycles. The molecule has 24 heavy (non-hydrogen) atoms. The summed E-state index contributed by atoms with van der Waals surface area (Å²) in [6.07, 6.45) is 6.57. The highest BCUT2D eigenvalue weighted by molar-refractivity contribution is 5.77. The molecule has 128 valence electrons. The Morgan fingerprint density at radius 3 is 2.54 bits per heavy atom. The molecule has 5 nitrogen and oxygen atoms in total. The van der Waals surface area contributed by atoms with Crippen LogP contribution in [0.5, 0.6) is 0 Å². The molecule has 1 saturated heterocycles. The Morgan fingerprint density at radius 1 is 1.08 bits per heavy atom. The van der Waals surface area contributed by atoms with Crippen molar-refractivity contribution in [2.45, 2.75) is 44.7 Å². The van der Waals surface area contributed by atoms with E-state index in [2.05, 4.69) is 33.5 Å². The average Bonchev–Trinajstić information content (AvgIpc) is 2.63. The minimum atomic E-state index is 0.409. The zero-order valence-electron chi connectivity index (χ0n) is 14.4. The van der Waals surface area contributed by atoms with E-state index in [0.29, 0.717) is 17.6 Å². The van der Waals surface area contributed by atoms with E-state index in [0.717, 1.165) is 50.0 Å². The monoisotopic (exact) mass is 326 g/mol. The van der Waals surface area contributed by atoms with Crippen LogP contribution in [-0.2, 0) is 4.74 Å². The van der Waals surface area contributed by atoms with Crippen LogP contribution < -0.4 is 5.49 Å². The van der Waals surface area contributed by atoms with Crippen molar-refractivity contribution < 1.29 is 4.74 Å². The third-order valence-corrected chi connectivity index (χ3v) is 5.61. The zero-order valence-corrected chi connectivity index (χ0v) is 14.4. The molecule has 0 amide bonds. The number of rotatable bonds is 2. The van der Waals surface area contributed by atoms with Gasteiger partial charge in [0.25, 0.3) is 0 Å². The van der Waals surface area contributed by atoms with E-state index >= 15 is 0 Å². The molecule has 4 rings (SSSR count). The molecule has 1 N–H and O–H groups in total. The number of hydrogen-bond acceptors (Lipinski definition) is 4. The number of fused-ring (bicyclic) bond motifs is 1. The molecular weight excluding hydrogens is 300 g/mol. The molecule has 0 radical (unpaired) electrons. The smallest absolute Gasteiger partial charge is 0.135 e. The summed E-state index contributed by atoms with van der Waals surface area (Å²) in [5.74, 6) is 0. The van der Waals surface area contributed by atoms with Crippen molar-refractivity contribution in [2.24, 2.45) is 0 Å². The molecule has 1 aromatic carbocycles. The molecule has 0 bridgehead atoms. The summed E-state index contributed by atoms with van der Waals surface area (Å²) in [5, 5.41) is 9.58. The molecule has 1 aromatic heterocycles. The summed E-state index contributed by atoms with van der Waals surface area (Å²) in [6.45, 7) is 5.97. The van der Waals surface area contributed by atoms with Crippen LogP contribution in [0.15, 0.2) is 24.5 Å². The lowest BCUT2D eigenvalue weighted by Crippen LogP contribution is -2.45. The van der Waals surface area contributed by atoms with Crippen LogP contribution in [0, 0.1) is 12.3 Å². The van der Waals surface area contributed by atoms with Crippen molar-refractivity contribution in [1.29, 1.82) is 5.41 Å². The highest BCUT2D eigenvalue weighted by Gasteiger charge is 2.27. The fourth-order valence-corrected chi connectivity index (χ4v) is 4.19. The Labute approximate surface area is 142 Å². The Bertz CT molecular complexity index is 771. The van der Waals surface area contributed by atoms with Gasteiger partial charge in [0.2, 0.25) is 0 Å². The summed E-state index contributed by atoms with van der Waals surface area (Å²) < 4.78 is 7.56. The summed E-state index contributed by atoms with van der Waals surface area (Å²) in [4.78, 5) is 7.17. The van der Waals surface area contributed by atoms with Gasteiger partial charge in [0.05, 0.1) is 25.1 Å². The maximum Gasteiger partial charge on any atom is 0.135 e. The number of benzene rings is 1. The molecule has 5 heteroatoms. The third kappa shape index (κ3) is 2.98. The van der Waals surface area contributed by atoms with E-state index in [1.165, 1.54) is 18.4 Å². The maximum atomic E-state index is 8.61. The Balaban J connectivity index is 1.52. The topological polar surface area (TPSA) is 54.1 Å². The first-order valence-electron chi connectivity index (χ1n) is 9.06. The minimum Gasteiger partial charge on any atom is -0.379 e. The molecule has 0 atom stereocenters. The zero-order chi connectivity index (χ0) is 16.5. The van der Waals surface area contributed by atoms with Gasteiger partial charge in [0.15, 0.2) is 0 Å². The summed E-state index contributed by atoms with van der Waals surface area (Å²) in [7, 11) is 0. The highest BCUT2D eigenvalue weighted by Crippen LogP contribution is 2.30. The second-order valence-corrected chi connectivity index (χ2v) is 7.13. The molecule has 2 heterocycles.